The van der Waals surface area contributed by atoms with E-state index < -0.39 is 0 Å². The SMILES string of the molecule is COc1ccc(-c2cc(C(=O)N/N=C(/C)c3ccc4ccccc4c3)[nH]n2)cc1OC. The Morgan fingerprint density at radius 1 is 0.935 bits per heavy atom. The van der Waals surface area contributed by atoms with Crippen LogP contribution in [0, 0.1) is 0 Å². The van der Waals surface area contributed by atoms with E-state index in [0.717, 1.165) is 21.9 Å². The quantitative estimate of drug-likeness (QED) is 0.362. The molecule has 0 radical (unpaired) electrons. The number of carbonyl (C=O) groups is 1. The lowest BCUT2D eigenvalue weighted by atomic mass is 10.0. The zero-order valence-electron chi connectivity index (χ0n) is 17.5. The number of nitrogens with zero attached hydrogens (tertiary/aromatic N) is 2. The van der Waals surface area contributed by atoms with E-state index in [1.807, 2.05) is 49.4 Å². The Hall–Kier alpha value is -4.13. The third-order valence-corrected chi connectivity index (χ3v) is 4.99. The van der Waals surface area contributed by atoms with Crippen molar-refractivity contribution in [1.82, 2.24) is 15.6 Å². The van der Waals surface area contributed by atoms with Crippen molar-refractivity contribution in [2.45, 2.75) is 6.92 Å². The summed E-state index contributed by atoms with van der Waals surface area (Å²) in [5, 5.41) is 13.5. The average Bonchev–Trinajstić information content (AvgIpc) is 3.32. The maximum Gasteiger partial charge on any atom is 0.289 e. The van der Waals surface area contributed by atoms with Crippen molar-refractivity contribution in [2.24, 2.45) is 5.10 Å². The maximum atomic E-state index is 12.5. The van der Waals surface area contributed by atoms with Crippen molar-refractivity contribution < 1.29 is 14.3 Å². The van der Waals surface area contributed by atoms with Gasteiger partial charge in [-0.05, 0) is 53.6 Å². The van der Waals surface area contributed by atoms with Crippen LogP contribution in [-0.4, -0.2) is 36.0 Å². The van der Waals surface area contributed by atoms with Gasteiger partial charge < -0.3 is 9.47 Å². The lowest BCUT2D eigenvalue weighted by Gasteiger charge is -2.08. The number of fused-ring (bicyclic) bond motifs is 1. The minimum atomic E-state index is -0.376. The fraction of sp³-hybridized carbons (Fsp3) is 0.125. The van der Waals surface area contributed by atoms with Gasteiger partial charge in [-0.25, -0.2) is 5.43 Å². The van der Waals surface area contributed by atoms with E-state index in [1.165, 1.54) is 0 Å². The Kier molecular flexibility index (Phi) is 5.66. The number of amides is 1. The van der Waals surface area contributed by atoms with Gasteiger partial charge in [0, 0.05) is 5.56 Å². The molecule has 1 amide bonds. The van der Waals surface area contributed by atoms with Crippen molar-refractivity contribution in [3.05, 3.63) is 78.0 Å². The summed E-state index contributed by atoms with van der Waals surface area (Å²) < 4.78 is 10.6. The molecule has 4 rings (SSSR count). The van der Waals surface area contributed by atoms with Crippen molar-refractivity contribution in [3.63, 3.8) is 0 Å². The molecular weight excluding hydrogens is 392 g/mol. The molecule has 1 aromatic heterocycles. The Morgan fingerprint density at radius 3 is 2.48 bits per heavy atom. The van der Waals surface area contributed by atoms with Gasteiger partial charge >= 0.3 is 0 Å². The van der Waals surface area contributed by atoms with Crippen LogP contribution in [0.4, 0.5) is 0 Å². The van der Waals surface area contributed by atoms with Gasteiger partial charge in [0.2, 0.25) is 0 Å². The smallest absolute Gasteiger partial charge is 0.289 e. The van der Waals surface area contributed by atoms with Crippen molar-refractivity contribution in [1.29, 1.82) is 0 Å². The number of carbonyl (C=O) groups excluding carboxylic acids is 1. The van der Waals surface area contributed by atoms with E-state index in [1.54, 1.807) is 32.4 Å². The van der Waals surface area contributed by atoms with E-state index in [2.05, 4.69) is 26.8 Å². The van der Waals surface area contributed by atoms with Gasteiger partial charge in [-0.3, -0.25) is 9.89 Å². The normalized spacial score (nSPS) is 11.4. The number of hydrogen-bond donors (Lipinski definition) is 2. The lowest BCUT2D eigenvalue weighted by Crippen LogP contribution is -2.19. The fourth-order valence-electron chi connectivity index (χ4n) is 3.26. The molecule has 156 valence electrons. The first-order valence-electron chi connectivity index (χ1n) is 9.70. The zero-order valence-corrected chi connectivity index (χ0v) is 17.5. The molecule has 7 heteroatoms. The van der Waals surface area contributed by atoms with Crippen LogP contribution >= 0.6 is 0 Å². The number of aromatic amines is 1. The molecule has 4 aromatic rings. The van der Waals surface area contributed by atoms with E-state index >= 15 is 0 Å². The summed E-state index contributed by atoms with van der Waals surface area (Å²) in [6.45, 7) is 1.85. The topological polar surface area (TPSA) is 88.6 Å². The third-order valence-electron chi connectivity index (χ3n) is 4.99. The molecule has 0 saturated carbocycles. The molecule has 0 spiro atoms. The lowest BCUT2D eigenvalue weighted by molar-refractivity contribution is 0.0950. The second-order valence-electron chi connectivity index (χ2n) is 6.94. The average molecular weight is 414 g/mol. The molecule has 31 heavy (non-hydrogen) atoms. The van der Waals surface area contributed by atoms with Crippen LogP contribution in [0.2, 0.25) is 0 Å². The molecule has 0 bridgehead atoms. The summed E-state index contributed by atoms with van der Waals surface area (Å²) in [6.07, 6.45) is 0. The second-order valence-corrected chi connectivity index (χ2v) is 6.94. The number of ether oxygens (including phenoxy) is 2. The second kappa shape index (κ2) is 8.71. The van der Waals surface area contributed by atoms with Gasteiger partial charge in [-0.1, -0.05) is 36.4 Å². The highest BCUT2D eigenvalue weighted by molar-refractivity contribution is 6.03. The van der Waals surface area contributed by atoms with Gasteiger partial charge in [0.25, 0.3) is 5.91 Å². The highest BCUT2D eigenvalue weighted by Gasteiger charge is 2.13. The Morgan fingerprint density at radius 2 is 1.71 bits per heavy atom. The summed E-state index contributed by atoms with van der Waals surface area (Å²) in [5.41, 5.74) is 5.94. The van der Waals surface area contributed by atoms with Gasteiger partial charge in [0.05, 0.1) is 25.6 Å². The van der Waals surface area contributed by atoms with Gasteiger partial charge in [-0.15, -0.1) is 0 Å². The zero-order chi connectivity index (χ0) is 21.8. The number of hydrazone groups is 1. The summed E-state index contributed by atoms with van der Waals surface area (Å²) in [5.74, 6) is 0.835. The Balaban J connectivity index is 1.49. The third kappa shape index (κ3) is 4.25. The highest BCUT2D eigenvalue weighted by atomic mass is 16.5. The molecule has 0 aliphatic rings. The predicted octanol–water partition coefficient (Wildman–Crippen LogP) is 4.40. The van der Waals surface area contributed by atoms with Crippen LogP contribution in [0.3, 0.4) is 0 Å². The van der Waals surface area contributed by atoms with Crippen molar-refractivity contribution in [2.75, 3.05) is 14.2 Å². The van der Waals surface area contributed by atoms with Crippen LogP contribution in [0.25, 0.3) is 22.0 Å². The van der Waals surface area contributed by atoms with Gasteiger partial charge in [0.1, 0.15) is 5.69 Å². The fourth-order valence-corrected chi connectivity index (χ4v) is 3.26. The number of H-pyrrole nitrogens is 1. The molecule has 0 saturated heterocycles. The largest absolute Gasteiger partial charge is 0.493 e. The maximum absolute atomic E-state index is 12.5. The van der Waals surface area contributed by atoms with Crippen LogP contribution in [0.5, 0.6) is 11.5 Å². The van der Waals surface area contributed by atoms with E-state index in [9.17, 15) is 4.79 Å². The number of aromatic nitrogens is 2. The molecule has 3 aromatic carbocycles. The first kappa shape index (κ1) is 20.2. The minimum absolute atomic E-state index is 0.305. The summed E-state index contributed by atoms with van der Waals surface area (Å²) >= 11 is 0. The number of nitrogens with one attached hydrogen (secondary N) is 2. The first-order chi connectivity index (χ1) is 15.1. The van der Waals surface area contributed by atoms with E-state index in [4.69, 9.17) is 9.47 Å². The number of rotatable bonds is 6. The molecule has 0 atom stereocenters. The first-order valence-corrected chi connectivity index (χ1v) is 9.70. The molecule has 1 heterocycles. The molecule has 0 unspecified atom stereocenters. The summed E-state index contributed by atoms with van der Waals surface area (Å²) in [6, 6.07) is 21.3. The van der Waals surface area contributed by atoms with E-state index in [0.29, 0.717) is 28.6 Å². The summed E-state index contributed by atoms with van der Waals surface area (Å²) in [4.78, 5) is 12.5. The van der Waals surface area contributed by atoms with Crippen molar-refractivity contribution >= 4 is 22.4 Å². The Bertz CT molecular complexity index is 1280. The predicted molar refractivity (Wildman–Crippen MR) is 121 cm³/mol. The van der Waals surface area contributed by atoms with Crippen LogP contribution in [0.1, 0.15) is 23.0 Å². The van der Waals surface area contributed by atoms with Gasteiger partial charge in [-0.2, -0.15) is 10.2 Å². The van der Waals surface area contributed by atoms with Crippen LogP contribution in [0.15, 0.2) is 71.8 Å². The number of hydrogen-bond acceptors (Lipinski definition) is 5. The van der Waals surface area contributed by atoms with Gasteiger partial charge in [0.15, 0.2) is 11.5 Å². The molecule has 2 N–H and O–H groups in total. The molecule has 0 fully saturated rings. The minimum Gasteiger partial charge on any atom is -0.493 e. The molecule has 7 nitrogen and oxygen atoms in total. The number of methoxy groups -OCH3 is 2. The highest BCUT2D eigenvalue weighted by Crippen LogP contribution is 2.31. The van der Waals surface area contributed by atoms with Crippen LogP contribution < -0.4 is 14.9 Å². The molecule has 0 aliphatic carbocycles. The monoisotopic (exact) mass is 414 g/mol. The summed E-state index contributed by atoms with van der Waals surface area (Å²) in [7, 11) is 3.15. The molecular formula is C24H22N4O3. The van der Waals surface area contributed by atoms with E-state index in [-0.39, 0.29) is 5.91 Å². The number of benzene rings is 3. The molecule has 0 aliphatic heterocycles. The standard InChI is InChI=1S/C24H22N4O3/c1-15(17-9-8-16-6-4-5-7-18(16)12-17)25-28-24(29)21-14-20(26-27-21)19-10-11-22(30-2)23(13-19)31-3/h4-14H,1-3H3,(H,26,27)(H,28,29)/b25-15-. The van der Waals surface area contributed by atoms with Crippen LogP contribution in [-0.2, 0) is 0 Å². The Labute approximate surface area is 179 Å². The van der Waals surface area contributed by atoms with Crippen molar-refractivity contribution in [3.8, 4) is 22.8 Å².